The molecular weight excluding hydrogens is 276 g/mol. The van der Waals surface area contributed by atoms with Crippen molar-refractivity contribution < 1.29 is 18.7 Å². The van der Waals surface area contributed by atoms with Crippen LogP contribution in [0.4, 0.5) is 8.78 Å². The van der Waals surface area contributed by atoms with Crippen LogP contribution in [0.25, 0.3) is 0 Å². The lowest BCUT2D eigenvalue weighted by Gasteiger charge is -2.12. The van der Waals surface area contributed by atoms with Gasteiger partial charge in [-0.05, 0) is 24.1 Å². The predicted octanol–water partition coefficient (Wildman–Crippen LogP) is 2.36. The molecule has 0 aliphatic heterocycles. The van der Waals surface area contributed by atoms with E-state index in [1.165, 1.54) is 18.2 Å². The molecule has 0 fully saturated rings. The Kier molecular flexibility index (Phi) is 5.00. The number of nitrogens with one attached hydrogen (secondary N) is 1. The Morgan fingerprint density at radius 3 is 2.29 bits per heavy atom. The van der Waals surface area contributed by atoms with E-state index in [2.05, 4.69) is 5.32 Å². The van der Waals surface area contributed by atoms with E-state index < -0.39 is 23.6 Å². The first-order valence-corrected chi connectivity index (χ1v) is 6.53. The van der Waals surface area contributed by atoms with Crippen LogP contribution in [0.1, 0.15) is 17.2 Å². The smallest absolute Gasteiger partial charge is 0.253 e. The number of amides is 1. The van der Waals surface area contributed by atoms with Crippen LogP contribution in [0.15, 0.2) is 48.5 Å². The van der Waals surface area contributed by atoms with E-state index in [1.807, 2.05) is 0 Å². The molecule has 2 aromatic carbocycles. The molecular formula is C16H15F2NO2. The molecule has 2 aromatic rings. The van der Waals surface area contributed by atoms with Gasteiger partial charge in [0.15, 0.2) is 6.10 Å². The Morgan fingerprint density at radius 2 is 1.67 bits per heavy atom. The molecule has 1 unspecified atom stereocenters. The summed E-state index contributed by atoms with van der Waals surface area (Å²) in [4.78, 5) is 11.8. The SMILES string of the molecule is O=C(NCCc1c(F)cccc1F)C(O)c1ccccc1. The van der Waals surface area contributed by atoms with Crippen molar-refractivity contribution in [1.82, 2.24) is 5.32 Å². The molecule has 0 bridgehead atoms. The first-order valence-electron chi connectivity index (χ1n) is 6.53. The number of aliphatic hydroxyl groups is 1. The summed E-state index contributed by atoms with van der Waals surface area (Å²) in [6.45, 7) is 0.0422. The van der Waals surface area contributed by atoms with Crippen LogP contribution in [-0.2, 0) is 11.2 Å². The van der Waals surface area contributed by atoms with E-state index in [-0.39, 0.29) is 18.5 Å². The van der Waals surface area contributed by atoms with Gasteiger partial charge in [0.05, 0.1) is 0 Å². The zero-order valence-corrected chi connectivity index (χ0v) is 11.2. The third kappa shape index (κ3) is 3.86. The number of carbonyl (C=O) groups is 1. The lowest BCUT2D eigenvalue weighted by atomic mass is 10.1. The second-order valence-electron chi connectivity index (χ2n) is 4.55. The highest BCUT2D eigenvalue weighted by Crippen LogP contribution is 2.13. The monoisotopic (exact) mass is 291 g/mol. The minimum Gasteiger partial charge on any atom is -0.378 e. The molecule has 0 saturated heterocycles. The Morgan fingerprint density at radius 1 is 1.05 bits per heavy atom. The molecule has 0 spiro atoms. The van der Waals surface area contributed by atoms with Gasteiger partial charge in [-0.15, -0.1) is 0 Å². The molecule has 0 saturated carbocycles. The zero-order chi connectivity index (χ0) is 15.2. The summed E-state index contributed by atoms with van der Waals surface area (Å²) in [6, 6.07) is 12.1. The predicted molar refractivity (Wildman–Crippen MR) is 74.5 cm³/mol. The van der Waals surface area contributed by atoms with Crippen LogP contribution in [0.5, 0.6) is 0 Å². The van der Waals surface area contributed by atoms with E-state index in [0.717, 1.165) is 0 Å². The summed E-state index contributed by atoms with van der Waals surface area (Å²) in [6.07, 6.45) is -1.28. The summed E-state index contributed by atoms with van der Waals surface area (Å²) < 4.78 is 26.8. The molecule has 110 valence electrons. The summed E-state index contributed by atoms with van der Waals surface area (Å²) in [7, 11) is 0. The molecule has 1 amide bonds. The van der Waals surface area contributed by atoms with Gasteiger partial charge in [0.25, 0.3) is 5.91 Å². The molecule has 5 heteroatoms. The molecule has 0 aromatic heterocycles. The Bertz CT molecular complexity index is 597. The standard InChI is InChI=1S/C16H15F2NO2/c17-13-7-4-8-14(18)12(13)9-10-19-16(21)15(20)11-5-2-1-3-6-11/h1-8,15,20H,9-10H2,(H,19,21). The van der Waals surface area contributed by atoms with Gasteiger partial charge in [-0.2, -0.15) is 0 Å². The van der Waals surface area contributed by atoms with Crippen molar-refractivity contribution >= 4 is 5.91 Å². The highest BCUT2D eigenvalue weighted by Gasteiger charge is 2.16. The molecule has 0 aliphatic carbocycles. The molecule has 3 nitrogen and oxygen atoms in total. The maximum atomic E-state index is 13.4. The van der Waals surface area contributed by atoms with Gasteiger partial charge in [-0.1, -0.05) is 36.4 Å². The van der Waals surface area contributed by atoms with Gasteiger partial charge in [0.1, 0.15) is 11.6 Å². The number of carbonyl (C=O) groups excluding carboxylic acids is 1. The van der Waals surface area contributed by atoms with Crippen LogP contribution in [0, 0.1) is 11.6 Å². The Balaban J connectivity index is 1.90. The van der Waals surface area contributed by atoms with Crippen molar-refractivity contribution in [2.45, 2.75) is 12.5 Å². The van der Waals surface area contributed by atoms with Gasteiger partial charge < -0.3 is 10.4 Å². The van der Waals surface area contributed by atoms with E-state index in [4.69, 9.17) is 0 Å². The van der Waals surface area contributed by atoms with Crippen LogP contribution < -0.4 is 5.32 Å². The van der Waals surface area contributed by atoms with Crippen molar-refractivity contribution in [3.8, 4) is 0 Å². The van der Waals surface area contributed by atoms with E-state index in [9.17, 15) is 18.7 Å². The third-order valence-corrected chi connectivity index (χ3v) is 3.10. The lowest BCUT2D eigenvalue weighted by Crippen LogP contribution is -2.31. The Labute approximate surface area is 121 Å². The maximum Gasteiger partial charge on any atom is 0.253 e. The van der Waals surface area contributed by atoms with E-state index >= 15 is 0 Å². The topological polar surface area (TPSA) is 49.3 Å². The quantitative estimate of drug-likeness (QED) is 0.888. The molecule has 21 heavy (non-hydrogen) atoms. The normalized spacial score (nSPS) is 12.0. The fourth-order valence-electron chi connectivity index (χ4n) is 1.97. The number of benzene rings is 2. The number of aliphatic hydroxyl groups excluding tert-OH is 1. The van der Waals surface area contributed by atoms with E-state index in [1.54, 1.807) is 30.3 Å². The summed E-state index contributed by atoms with van der Waals surface area (Å²) in [5.74, 6) is -1.89. The second kappa shape index (κ2) is 6.95. The van der Waals surface area contributed by atoms with Gasteiger partial charge in [-0.25, -0.2) is 8.78 Å². The zero-order valence-electron chi connectivity index (χ0n) is 11.2. The van der Waals surface area contributed by atoms with Crippen LogP contribution in [0.3, 0.4) is 0 Å². The minimum atomic E-state index is -1.29. The van der Waals surface area contributed by atoms with Gasteiger partial charge in [0, 0.05) is 12.1 Å². The number of hydrogen-bond acceptors (Lipinski definition) is 2. The largest absolute Gasteiger partial charge is 0.378 e. The fourth-order valence-corrected chi connectivity index (χ4v) is 1.97. The van der Waals surface area contributed by atoms with Gasteiger partial charge in [0.2, 0.25) is 0 Å². The molecule has 0 heterocycles. The number of rotatable bonds is 5. The van der Waals surface area contributed by atoms with Crippen molar-refractivity contribution in [2.24, 2.45) is 0 Å². The van der Waals surface area contributed by atoms with Gasteiger partial charge >= 0.3 is 0 Å². The number of halogens is 2. The van der Waals surface area contributed by atoms with Crippen LogP contribution in [0.2, 0.25) is 0 Å². The lowest BCUT2D eigenvalue weighted by molar-refractivity contribution is -0.129. The Hall–Kier alpha value is -2.27. The van der Waals surface area contributed by atoms with Crippen molar-refractivity contribution in [2.75, 3.05) is 6.54 Å². The molecule has 2 N–H and O–H groups in total. The molecule has 1 atom stereocenters. The summed E-state index contributed by atoms with van der Waals surface area (Å²) >= 11 is 0. The summed E-state index contributed by atoms with van der Waals surface area (Å²) in [5.41, 5.74) is 0.388. The average molecular weight is 291 g/mol. The molecule has 0 aliphatic rings. The summed E-state index contributed by atoms with van der Waals surface area (Å²) in [5, 5.41) is 12.3. The minimum absolute atomic E-state index is 0.0196. The van der Waals surface area contributed by atoms with E-state index in [0.29, 0.717) is 5.56 Å². The third-order valence-electron chi connectivity index (χ3n) is 3.10. The first kappa shape index (κ1) is 15.1. The number of hydrogen-bond donors (Lipinski definition) is 2. The maximum absolute atomic E-state index is 13.4. The average Bonchev–Trinajstić information content (AvgIpc) is 2.50. The van der Waals surface area contributed by atoms with Crippen molar-refractivity contribution in [3.05, 3.63) is 71.3 Å². The molecule has 2 rings (SSSR count). The van der Waals surface area contributed by atoms with Crippen LogP contribution in [-0.4, -0.2) is 17.6 Å². The highest BCUT2D eigenvalue weighted by molar-refractivity contribution is 5.81. The highest BCUT2D eigenvalue weighted by atomic mass is 19.1. The van der Waals surface area contributed by atoms with Crippen molar-refractivity contribution in [3.63, 3.8) is 0 Å². The first-order chi connectivity index (χ1) is 10.1. The second-order valence-corrected chi connectivity index (χ2v) is 4.55. The van der Waals surface area contributed by atoms with Gasteiger partial charge in [-0.3, -0.25) is 4.79 Å². The van der Waals surface area contributed by atoms with Crippen molar-refractivity contribution in [1.29, 1.82) is 0 Å². The molecule has 0 radical (unpaired) electrons. The fraction of sp³-hybridized carbons (Fsp3) is 0.188. The van der Waals surface area contributed by atoms with Crippen LogP contribution >= 0.6 is 0 Å².